The highest BCUT2D eigenvalue weighted by atomic mass is 16.1. The van der Waals surface area contributed by atoms with E-state index in [9.17, 15) is 4.79 Å². The van der Waals surface area contributed by atoms with Crippen LogP contribution in [0.2, 0.25) is 0 Å². The molecular formula is C17H34N2O. The van der Waals surface area contributed by atoms with Gasteiger partial charge in [0.15, 0.2) is 0 Å². The summed E-state index contributed by atoms with van der Waals surface area (Å²) in [6, 6.07) is 0.428. The molecule has 3 nitrogen and oxygen atoms in total. The molecule has 1 amide bonds. The van der Waals surface area contributed by atoms with Gasteiger partial charge in [-0.15, -0.1) is 0 Å². The number of hydrogen-bond donors (Lipinski definition) is 2. The molecule has 0 aromatic heterocycles. The number of nitrogens with two attached hydrogens (primary N) is 1. The first-order chi connectivity index (χ1) is 9.56. The fraction of sp³-hybridized carbons (Fsp3) is 0.941. The lowest BCUT2D eigenvalue weighted by atomic mass is 9.84. The predicted molar refractivity (Wildman–Crippen MR) is 85.4 cm³/mol. The monoisotopic (exact) mass is 282 g/mol. The van der Waals surface area contributed by atoms with E-state index in [1.165, 1.54) is 32.1 Å². The second kappa shape index (κ2) is 9.38. The largest absolute Gasteiger partial charge is 0.353 e. The third kappa shape index (κ3) is 6.25. The van der Waals surface area contributed by atoms with Crippen molar-refractivity contribution in [3.05, 3.63) is 0 Å². The fourth-order valence-corrected chi connectivity index (χ4v) is 3.36. The van der Waals surface area contributed by atoms with Gasteiger partial charge in [-0.1, -0.05) is 27.2 Å². The predicted octanol–water partition coefficient (Wildman–Crippen LogP) is 3.47. The Labute approximate surface area is 125 Å². The summed E-state index contributed by atoms with van der Waals surface area (Å²) in [4.78, 5) is 12.1. The van der Waals surface area contributed by atoms with Crippen LogP contribution in [-0.4, -0.2) is 18.5 Å². The van der Waals surface area contributed by atoms with Gasteiger partial charge in [0, 0.05) is 12.5 Å². The first-order valence-electron chi connectivity index (χ1n) is 8.56. The maximum absolute atomic E-state index is 12.1. The van der Waals surface area contributed by atoms with Gasteiger partial charge in [-0.25, -0.2) is 0 Å². The summed E-state index contributed by atoms with van der Waals surface area (Å²) in [5.41, 5.74) is 5.65. The van der Waals surface area contributed by atoms with Crippen molar-refractivity contribution in [1.82, 2.24) is 5.32 Å². The molecule has 0 saturated heterocycles. The summed E-state index contributed by atoms with van der Waals surface area (Å²) in [5, 5.41) is 3.23. The zero-order valence-electron chi connectivity index (χ0n) is 13.7. The zero-order valence-corrected chi connectivity index (χ0v) is 13.7. The van der Waals surface area contributed by atoms with Crippen LogP contribution in [0.25, 0.3) is 0 Å². The summed E-state index contributed by atoms with van der Waals surface area (Å²) >= 11 is 0. The average Bonchev–Trinajstić information content (AvgIpc) is 2.44. The van der Waals surface area contributed by atoms with Crippen molar-refractivity contribution in [2.45, 2.75) is 78.2 Å². The van der Waals surface area contributed by atoms with Crippen LogP contribution in [0, 0.1) is 17.8 Å². The van der Waals surface area contributed by atoms with E-state index in [-0.39, 0.29) is 5.91 Å². The van der Waals surface area contributed by atoms with E-state index in [2.05, 4.69) is 26.1 Å². The van der Waals surface area contributed by atoms with Crippen LogP contribution >= 0.6 is 0 Å². The standard InChI is InChI=1S/C17H34N2O/c1-4-14-5-8-16(9-6-14)19-17(20)10-7-15(11-12-18)13(2)3/h13-16H,4-12,18H2,1-3H3,(H,19,20). The highest BCUT2D eigenvalue weighted by Gasteiger charge is 2.21. The highest BCUT2D eigenvalue weighted by molar-refractivity contribution is 5.76. The molecule has 1 fully saturated rings. The zero-order chi connectivity index (χ0) is 15.0. The lowest BCUT2D eigenvalue weighted by Crippen LogP contribution is -2.37. The van der Waals surface area contributed by atoms with Gasteiger partial charge in [0.05, 0.1) is 0 Å². The fourth-order valence-electron chi connectivity index (χ4n) is 3.36. The number of carbonyl (C=O) groups is 1. The van der Waals surface area contributed by atoms with Crippen molar-refractivity contribution < 1.29 is 4.79 Å². The van der Waals surface area contributed by atoms with E-state index in [4.69, 9.17) is 5.73 Å². The molecule has 0 aromatic carbocycles. The Morgan fingerprint density at radius 2 is 1.85 bits per heavy atom. The van der Waals surface area contributed by atoms with E-state index in [1.807, 2.05) is 0 Å². The van der Waals surface area contributed by atoms with Gasteiger partial charge in [-0.2, -0.15) is 0 Å². The van der Waals surface area contributed by atoms with Crippen LogP contribution in [0.3, 0.4) is 0 Å². The summed E-state index contributed by atoms with van der Waals surface area (Å²) in [5.74, 6) is 2.33. The maximum Gasteiger partial charge on any atom is 0.220 e. The van der Waals surface area contributed by atoms with Crippen molar-refractivity contribution in [3.63, 3.8) is 0 Å². The highest BCUT2D eigenvalue weighted by Crippen LogP contribution is 2.26. The van der Waals surface area contributed by atoms with E-state index in [1.54, 1.807) is 0 Å². The molecular weight excluding hydrogens is 248 g/mol. The van der Waals surface area contributed by atoms with Gasteiger partial charge in [0.2, 0.25) is 5.91 Å². The Morgan fingerprint density at radius 1 is 1.20 bits per heavy atom. The van der Waals surface area contributed by atoms with Crippen LogP contribution in [0.15, 0.2) is 0 Å². The van der Waals surface area contributed by atoms with Crippen molar-refractivity contribution in [2.75, 3.05) is 6.54 Å². The minimum absolute atomic E-state index is 0.243. The minimum Gasteiger partial charge on any atom is -0.353 e. The summed E-state index contributed by atoms with van der Waals surface area (Å²) < 4.78 is 0. The number of hydrogen-bond acceptors (Lipinski definition) is 2. The third-order valence-corrected chi connectivity index (χ3v) is 5.01. The SMILES string of the molecule is CCC1CCC(NC(=O)CCC(CCN)C(C)C)CC1. The van der Waals surface area contributed by atoms with Gasteiger partial charge in [0.25, 0.3) is 0 Å². The molecule has 1 aliphatic carbocycles. The Balaban J connectivity index is 2.23. The molecule has 1 rings (SSSR count). The van der Waals surface area contributed by atoms with Gasteiger partial charge >= 0.3 is 0 Å². The maximum atomic E-state index is 12.1. The normalized spacial score (nSPS) is 24.6. The lowest BCUT2D eigenvalue weighted by molar-refractivity contribution is -0.122. The number of amides is 1. The Bertz CT molecular complexity index is 270. The molecule has 20 heavy (non-hydrogen) atoms. The van der Waals surface area contributed by atoms with Gasteiger partial charge in [-0.3, -0.25) is 4.79 Å². The molecule has 1 saturated carbocycles. The van der Waals surface area contributed by atoms with Crippen molar-refractivity contribution in [1.29, 1.82) is 0 Å². The molecule has 1 atom stereocenters. The lowest BCUT2D eigenvalue weighted by Gasteiger charge is -2.28. The molecule has 1 unspecified atom stereocenters. The van der Waals surface area contributed by atoms with Crippen LogP contribution in [0.4, 0.5) is 0 Å². The average molecular weight is 282 g/mol. The van der Waals surface area contributed by atoms with Crippen LogP contribution in [0.5, 0.6) is 0 Å². The first-order valence-corrected chi connectivity index (χ1v) is 8.56. The summed E-state index contributed by atoms with van der Waals surface area (Å²) in [7, 11) is 0. The number of rotatable bonds is 8. The Hall–Kier alpha value is -0.570. The Kier molecular flexibility index (Phi) is 8.20. The molecule has 3 heteroatoms. The van der Waals surface area contributed by atoms with Gasteiger partial charge < -0.3 is 11.1 Å². The molecule has 0 aromatic rings. The van der Waals surface area contributed by atoms with E-state index in [0.29, 0.717) is 24.3 Å². The van der Waals surface area contributed by atoms with Crippen LogP contribution < -0.4 is 11.1 Å². The molecule has 118 valence electrons. The van der Waals surface area contributed by atoms with E-state index in [0.717, 1.165) is 25.3 Å². The van der Waals surface area contributed by atoms with Gasteiger partial charge in [0.1, 0.15) is 0 Å². The summed E-state index contributed by atoms with van der Waals surface area (Å²) in [6.07, 6.45) is 8.86. The molecule has 1 aliphatic rings. The smallest absolute Gasteiger partial charge is 0.220 e. The Morgan fingerprint density at radius 3 is 2.35 bits per heavy atom. The molecule has 0 bridgehead atoms. The quantitative estimate of drug-likeness (QED) is 0.716. The van der Waals surface area contributed by atoms with Crippen molar-refractivity contribution in [2.24, 2.45) is 23.5 Å². The second-order valence-corrected chi connectivity index (χ2v) is 6.81. The first kappa shape index (κ1) is 17.5. The topological polar surface area (TPSA) is 55.1 Å². The molecule has 0 spiro atoms. The van der Waals surface area contributed by atoms with Crippen LogP contribution in [0.1, 0.15) is 72.1 Å². The van der Waals surface area contributed by atoms with Crippen molar-refractivity contribution >= 4 is 5.91 Å². The third-order valence-electron chi connectivity index (χ3n) is 5.01. The summed E-state index contributed by atoms with van der Waals surface area (Å²) in [6.45, 7) is 7.45. The van der Waals surface area contributed by atoms with E-state index < -0.39 is 0 Å². The molecule has 0 radical (unpaired) electrons. The molecule has 0 aliphatic heterocycles. The van der Waals surface area contributed by atoms with E-state index >= 15 is 0 Å². The minimum atomic E-state index is 0.243. The number of carbonyl (C=O) groups excluding carboxylic acids is 1. The molecule has 3 N–H and O–H groups in total. The van der Waals surface area contributed by atoms with Crippen molar-refractivity contribution in [3.8, 4) is 0 Å². The number of nitrogens with one attached hydrogen (secondary N) is 1. The van der Waals surface area contributed by atoms with Crippen LogP contribution in [-0.2, 0) is 4.79 Å². The second-order valence-electron chi connectivity index (χ2n) is 6.81. The molecule has 0 heterocycles. The van der Waals surface area contributed by atoms with Gasteiger partial charge in [-0.05, 0) is 62.8 Å².